The maximum absolute atomic E-state index is 13.1. The molecule has 1 heterocycles. The minimum Gasteiger partial charge on any atom is -0.497 e. The molecule has 1 amide bonds. The zero-order valence-electron chi connectivity index (χ0n) is 19.6. The normalized spacial score (nSPS) is 11.3. The number of aromatic nitrogens is 1. The van der Waals surface area contributed by atoms with Crippen LogP contribution in [0.2, 0.25) is 0 Å². The number of guanidine groups is 1. The fourth-order valence-corrected chi connectivity index (χ4v) is 3.26. The van der Waals surface area contributed by atoms with E-state index in [-0.39, 0.29) is 25.5 Å². The first kappa shape index (κ1) is 27.1. The van der Waals surface area contributed by atoms with Gasteiger partial charge in [-0.1, -0.05) is 0 Å². The van der Waals surface area contributed by atoms with Crippen molar-refractivity contribution >= 4 is 23.6 Å². The molecule has 0 unspecified atom stereocenters. The molecule has 1 atom stereocenters. The highest BCUT2D eigenvalue weighted by atomic mass is 16.5. The lowest BCUT2D eigenvalue weighted by Gasteiger charge is -2.30. The number of nitrogens with two attached hydrogens (primary N) is 1. The Labute approximate surface area is 202 Å². The first-order valence-corrected chi connectivity index (χ1v) is 10.8. The van der Waals surface area contributed by atoms with E-state index in [1.54, 1.807) is 18.2 Å². The quantitative estimate of drug-likeness (QED) is 0.0643. The van der Waals surface area contributed by atoms with Gasteiger partial charge in [-0.15, -0.1) is 0 Å². The lowest BCUT2D eigenvalue weighted by atomic mass is 10.1. The molecule has 2 rings (SSSR count). The van der Waals surface area contributed by atoms with Gasteiger partial charge in [0.15, 0.2) is 11.7 Å². The van der Waals surface area contributed by atoms with E-state index in [4.69, 9.17) is 20.6 Å². The van der Waals surface area contributed by atoms with E-state index in [1.165, 1.54) is 38.7 Å². The molecule has 0 fully saturated rings. The van der Waals surface area contributed by atoms with Crippen molar-refractivity contribution in [3.8, 4) is 11.5 Å². The van der Waals surface area contributed by atoms with Crippen LogP contribution in [0.25, 0.3) is 0 Å². The number of nitrogens with one attached hydrogen (secondary N) is 3. The Kier molecular flexibility index (Phi) is 10.4. The number of hydrazine groups is 1. The molecule has 2 aromatic rings. The van der Waals surface area contributed by atoms with Crippen LogP contribution >= 0.6 is 0 Å². The van der Waals surface area contributed by atoms with E-state index in [0.29, 0.717) is 29.0 Å². The predicted molar refractivity (Wildman–Crippen MR) is 127 cm³/mol. The standard InChI is InChI=1S/C23H30N6O6/c1-34-17-10-15(11-18(12-17)35-2)14-28-29(19(22(32)33)4-3-7-27-23(24)25)21(31)13-20(30)16-5-8-26-9-6-16/h5-6,8-12,19,28H,3-4,7,13-14H2,1-2H3,(H,32,33)(H4,24,25,27)/t19-/m0/s1. The van der Waals surface area contributed by atoms with Crippen molar-refractivity contribution in [3.63, 3.8) is 0 Å². The Balaban J connectivity index is 2.24. The number of amides is 1. The van der Waals surface area contributed by atoms with E-state index in [1.807, 2.05) is 0 Å². The number of hydrogen-bond acceptors (Lipinski definition) is 8. The van der Waals surface area contributed by atoms with Crippen LogP contribution in [0.4, 0.5) is 0 Å². The number of carboxylic acids is 1. The predicted octanol–water partition coefficient (Wildman–Crippen LogP) is 0.921. The fraction of sp³-hybridized carbons (Fsp3) is 0.348. The van der Waals surface area contributed by atoms with Crippen LogP contribution in [-0.2, 0) is 16.1 Å². The van der Waals surface area contributed by atoms with Gasteiger partial charge in [-0.2, -0.15) is 0 Å². The van der Waals surface area contributed by atoms with E-state index >= 15 is 0 Å². The first-order chi connectivity index (χ1) is 16.7. The molecular weight excluding hydrogens is 456 g/mol. The number of carbonyl (C=O) groups is 3. The number of Topliss-reactive ketones (excluding diaryl/α,β-unsaturated/α-hetero) is 1. The molecule has 12 heteroatoms. The molecule has 0 saturated heterocycles. The lowest BCUT2D eigenvalue weighted by Crippen LogP contribution is -2.53. The maximum atomic E-state index is 13.1. The minimum absolute atomic E-state index is 0.0548. The second-order valence-electron chi connectivity index (χ2n) is 7.49. The number of pyridine rings is 1. The number of carbonyl (C=O) groups excluding carboxylic acids is 2. The molecule has 0 aliphatic heterocycles. The van der Waals surface area contributed by atoms with Gasteiger partial charge in [0.05, 0.1) is 20.6 Å². The van der Waals surface area contributed by atoms with Crippen molar-refractivity contribution in [1.29, 1.82) is 5.41 Å². The number of methoxy groups -OCH3 is 2. The van der Waals surface area contributed by atoms with Gasteiger partial charge >= 0.3 is 5.97 Å². The molecule has 0 aliphatic carbocycles. The fourth-order valence-electron chi connectivity index (χ4n) is 3.26. The number of ether oxygens (including phenoxy) is 2. The molecule has 0 aliphatic rings. The summed E-state index contributed by atoms with van der Waals surface area (Å²) < 4.78 is 10.5. The molecule has 0 saturated carbocycles. The number of aliphatic carboxylic acids is 1. The Bertz CT molecular complexity index is 1010. The average Bonchev–Trinajstić information content (AvgIpc) is 2.85. The third-order valence-electron chi connectivity index (χ3n) is 5.01. The number of ketones is 1. The summed E-state index contributed by atoms with van der Waals surface area (Å²) in [5, 5.41) is 20.6. The van der Waals surface area contributed by atoms with Gasteiger partial charge in [0.1, 0.15) is 17.5 Å². The van der Waals surface area contributed by atoms with E-state index in [0.717, 1.165) is 5.01 Å². The van der Waals surface area contributed by atoms with Gasteiger partial charge in [-0.05, 0) is 42.7 Å². The van der Waals surface area contributed by atoms with Crippen molar-refractivity contribution in [2.24, 2.45) is 5.73 Å². The third kappa shape index (κ3) is 8.59. The molecule has 1 aromatic heterocycles. The maximum Gasteiger partial charge on any atom is 0.328 e. The average molecular weight is 487 g/mol. The van der Waals surface area contributed by atoms with Crippen molar-refractivity contribution < 1.29 is 29.0 Å². The Morgan fingerprint density at radius 2 is 1.77 bits per heavy atom. The van der Waals surface area contributed by atoms with E-state index in [2.05, 4.69) is 15.7 Å². The second kappa shape index (κ2) is 13.5. The number of benzene rings is 1. The molecular formula is C23H30N6O6. The summed E-state index contributed by atoms with van der Waals surface area (Å²) >= 11 is 0. The Hall–Kier alpha value is -4.19. The molecule has 35 heavy (non-hydrogen) atoms. The monoisotopic (exact) mass is 486 g/mol. The van der Waals surface area contributed by atoms with Gasteiger partial charge in [0.2, 0.25) is 5.91 Å². The lowest BCUT2D eigenvalue weighted by molar-refractivity contribution is -0.153. The summed E-state index contributed by atoms with van der Waals surface area (Å²) in [7, 11) is 3.00. The zero-order chi connectivity index (χ0) is 25.8. The van der Waals surface area contributed by atoms with Crippen molar-refractivity contribution in [2.45, 2.75) is 31.8 Å². The number of rotatable bonds is 14. The Morgan fingerprint density at radius 3 is 2.31 bits per heavy atom. The largest absolute Gasteiger partial charge is 0.497 e. The van der Waals surface area contributed by atoms with Gasteiger partial charge in [-0.3, -0.25) is 25.0 Å². The van der Waals surface area contributed by atoms with Crippen molar-refractivity contribution in [3.05, 3.63) is 53.9 Å². The van der Waals surface area contributed by atoms with Gasteiger partial charge in [-0.25, -0.2) is 10.2 Å². The molecule has 0 bridgehead atoms. The highest BCUT2D eigenvalue weighted by molar-refractivity contribution is 6.07. The van der Waals surface area contributed by atoms with Crippen LogP contribution in [0, 0.1) is 5.41 Å². The SMILES string of the molecule is COc1cc(CNN(C(=O)CC(=O)c2ccncc2)[C@@H](CCCNC(=N)N)C(=O)O)cc(OC)c1. The zero-order valence-corrected chi connectivity index (χ0v) is 19.6. The van der Waals surface area contributed by atoms with Crippen LogP contribution in [0.1, 0.15) is 35.2 Å². The summed E-state index contributed by atoms with van der Waals surface area (Å²) in [6, 6.07) is 6.81. The summed E-state index contributed by atoms with van der Waals surface area (Å²) in [6.45, 7) is 0.322. The molecule has 0 spiro atoms. The Morgan fingerprint density at radius 1 is 1.14 bits per heavy atom. The number of nitrogens with zero attached hydrogens (tertiary/aromatic N) is 2. The van der Waals surface area contributed by atoms with Gasteiger partial charge in [0.25, 0.3) is 0 Å². The first-order valence-electron chi connectivity index (χ1n) is 10.8. The van der Waals surface area contributed by atoms with Crippen LogP contribution in [0.5, 0.6) is 11.5 Å². The topological polar surface area (TPSA) is 180 Å². The highest BCUT2D eigenvalue weighted by Gasteiger charge is 2.31. The van der Waals surface area contributed by atoms with Crippen molar-refractivity contribution in [2.75, 3.05) is 20.8 Å². The highest BCUT2D eigenvalue weighted by Crippen LogP contribution is 2.22. The second-order valence-corrected chi connectivity index (χ2v) is 7.49. The summed E-state index contributed by atoms with van der Waals surface area (Å²) in [6.07, 6.45) is 2.71. The molecule has 6 N–H and O–H groups in total. The third-order valence-corrected chi connectivity index (χ3v) is 5.01. The van der Waals surface area contributed by atoms with Gasteiger partial charge in [0, 0.05) is 37.1 Å². The van der Waals surface area contributed by atoms with Crippen LogP contribution in [0.3, 0.4) is 0 Å². The van der Waals surface area contributed by atoms with Gasteiger partial charge < -0.3 is 25.6 Å². The van der Waals surface area contributed by atoms with Crippen LogP contribution < -0.4 is 25.9 Å². The molecule has 0 radical (unpaired) electrons. The smallest absolute Gasteiger partial charge is 0.328 e. The summed E-state index contributed by atoms with van der Waals surface area (Å²) in [5.74, 6) is -1.59. The summed E-state index contributed by atoms with van der Waals surface area (Å²) in [4.78, 5) is 41.7. The molecule has 1 aromatic carbocycles. The van der Waals surface area contributed by atoms with E-state index < -0.39 is 30.1 Å². The number of hydrogen-bond donors (Lipinski definition) is 5. The molecule has 12 nitrogen and oxygen atoms in total. The minimum atomic E-state index is -1.27. The van der Waals surface area contributed by atoms with Crippen LogP contribution in [-0.4, -0.2) is 65.5 Å². The van der Waals surface area contributed by atoms with Crippen molar-refractivity contribution in [1.82, 2.24) is 20.7 Å². The molecule has 188 valence electrons. The van der Waals surface area contributed by atoms with Crippen LogP contribution in [0.15, 0.2) is 42.7 Å². The van der Waals surface area contributed by atoms with E-state index in [9.17, 15) is 19.5 Å². The summed E-state index contributed by atoms with van der Waals surface area (Å²) in [5.41, 5.74) is 9.09. The number of carboxylic acid groups (broad SMARTS) is 1.